The van der Waals surface area contributed by atoms with Crippen molar-refractivity contribution in [2.45, 2.75) is 57.9 Å². The number of nitrogens with zero attached hydrogens (tertiary/aromatic N) is 2. The van der Waals surface area contributed by atoms with E-state index in [1.165, 1.54) is 4.68 Å². The predicted molar refractivity (Wildman–Crippen MR) is 101 cm³/mol. The van der Waals surface area contributed by atoms with E-state index in [9.17, 15) is 13.2 Å². The van der Waals surface area contributed by atoms with Gasteiger partial charge in [-0.3, -0.25) is 4.79 Å². The van der Waals surface area contributed by atoms with E-state index in [2.05, 4.69) is 9.82 Å². The van der Waals surface area contributed by atoms with E-state index in [0.717, 1.165) is 33.5 Å². The Morgan fingerprint density at radius 2 is 1.73 bits per heavy atom. The first-order valence-electron chi connectivity index (χ1n) is 8.76. The zero-order valence-electron chi connectivity index (χ0n) is 15.9. The molecule has 140 valence electrons. The van der Waals surface area contributed by atoms with Crippen LogP contribution in [-0.2, 0) is 29.9 Å². The summed E-state index contributed by atoms with van der Waals surface area (Å²) in [6.45, 7) is 7.55. The van der Waals surface area contributed by atoms with Crippen LogP contribution >= 0.6 is 0 Å². The molecule has 0 fully saturated rings. The van der Waals surface area contributed by atoms with Crippen molar-refractivity contribution in [1.29, 1.82) is 0 Å². The van der Waals surface area contributed by atoms with Crippen molar-refractivity contribution in [2.24, 2.45) is 7.05 Å². The molecule has 0 saturated carbocycles. The fourth-order valence-corrected chi connectivity index (χ4v) is 5.53. The molecule has 2 aromatic rings. The van der Waals surface area contributed by atoms with Crippen LogP contribution in [0.25, 0.3) is 0 Å². The Morgan fingerprint density at radius 3 is 2.35 bits per heavy atom. The van der Waals surface area contributed by atoms with Crippen LogP contribution in [0.5, 0.6) is 0 Å². The number of hydrogen-bond donors (Lipinski definition) is 1. The number of nitrogens with one attached hydrogen (secondary N) is 1. The van der Waals surface area contributed by atoms with Gasteiger partial charge in [0.15, 0.2) is 0 Å². The number of aromatic nitrogens is 2. The topological polar surface area (TPSA) is 81.1 Å². The smallest absolute Gasteiger partial charge is 0.266 e. The van der Waals surface area contributed by atoms with Gasteiger partial charge in [0.2, 0.25) is 10.0 Å². The lowest BCUT2D eigenvalue weighted by molar-refractivity contribution is 0.491. The molecule has 1 aliphatic carbocycles. The van der Waals surface area contributed by atoms with Gasteiger partial charge in [0.05, 0.1) is 10.6 Å². The van der Waals surface area contributed by atoms with Gasteiger partial charge in [-0.25, -0.2) is 17.8 Å². The zero-order valence-corrected chi connectivity index (χ0v) is 16.7. The Bertz CT molecular complexity index is 1010. The molecule has 3 rings (SSSR count). The zero-order chi connectivity index (χ0) is 19.2. The third-order valence-electron chi connectivity index (χ3n) is 5.34. The number of benzene rings is 1. The van der Waals surface area contributed by atoms with Gasteiger partial charge in [-0.15, -0.1) is 0 Å². The van der Waals surface area contributed by atoms with Gasteiger partial charge in [0, 0.05) is 19.2 Å². The molecule has 0 radical (unpaired) electrons. The average molecular weight is 375 g/mol. The van der Waals surface area contributed by atoms with Crippen molar-refractivity contribution in [3.05, 3.63) is 56.0 Å². The summed E-state index contributed by atoms with van der Waals surface area (Å²) >= 11 is 0. The summed E-state index contributed by atoms with van der Waals surface area (Å²) in [5.41, 5.74) is 5.04. The molecule has 1 aliphatic rings. The lowest BCUT2D eigenvalue weighted by Gasteiger charge is -2.26. The molecule has 1 heterocycles. The Hall–Kier alpha value is -1.99. The quantitative estimate of drug-likeness (QED) is 0.888. The summed E-state index contributed by atoms with van der Waals surface area (Å²) < 4.78 is 30.4. The highest BCUT2D eigenvalue weighted by atomic mass is 32.2. The molecule has 0 saturated heterocycles. The van der Waals surface area contributed by atoms with Crippen LogP contribution in [0.15, 0.2) is 21.8 Å². The fraction of sp³-hybridized carbons (Fsp3) is 0.474. The molecule has 1 unspecified atom stereocenters. The van der Waals surface area contributed by atoms with Gasteiger partial charge in [-0.05, 0) is 74.8 Å². The molecule has 0 amide bonds. The van der Waals surface area contributed by atoms with Crippen molar-refractivity contribution in [2.75, 3.05) is 0 Å². The Labute approximate surface area is 154 Å². The molecular formula is C19H25N3O3S. The summed E-state index contributed by atoms with van der Waals surface area (Å²) in [5, 5.41) is 4.28. The van der Waals surface area contributed by atoms with E-state index in [-0.39, 0.29) is 11.6 Å². The van der Waals surface area contributed by atoms with Gasteiger partial charge in [0.25, 0.3) is 5.56 Å². The molecule has 0 bridgehead atoms. The van der Waals surface area contributed by atoms with Crippen LogP contribution in [0.4, 0.5) is 0 Å². The number of aryl methyl sites for hydroxylation is 4. The minimum Gasteiger partial charge on any atom is -0.268 e. The van der Waals surface area contributed by atoms with Gasteiger partial charge in [0.1, 0.15) is 0 Å². The highest BCUT2D eigenvalue weighted by Crippen LogP contribution is 2.27. The molecule has 7 heteroatoms. The van der Waals surface area contributed by atoms with Gasteiger partial charge >= 0.3 is 0 Å². The number of hydrogen-bond acceptors (Lipinski definition) is 4. The monoisotopic (exact) mass is 375 g/mol. The molecule has 1 aromatic carbocycles. The Morgan fingerprint density at radius 1 is 1.12 bits per heavy atom. The minimum absolute atomic E-state index is 0.173. The predicted octanol–water partition coefficient (Wildman–Crippen LogP) is 1.85. The van der Waals surface area contributed by atoms with E-state index in [0.29, 0.717) is 24.2 Å². The second kappa shape index (κ2) is 6.63. The standard InChI is InChI=1S/C19H25N3O3S/c1-11-8-12(2)14(4)19(13(11)3)26(24,25)21-16-6-7-17-15(9-16)10-18(23)22(5)20-17/h8,10,16,21H,6-7,9H2,1-5H3. The van der Waals surface area contributed by atoms with E-state index in [1.807, 2.05) is 33.8 Å². The molecule has 1 N–H and O–H groups in total. The molecule has 1 aromatic heterocycles. The summed E-state index contributed by atoms with van der Waals surface area (Å²) in [6, 6.07) is 3.35. The van der Waals surface area contributed by atoms with E-state index in [4.69, 9.17) is 0 Å². The van der Waals surface area contributed by atoms with Crippen LogP contribution in [0.1, 0.15) is 39.9 Å². The first kappa shape index (κ1) is 18.8. The van der Waals surface area contributed by atoms with Crippen molar-refractivity contribution in [3.63, 3.8) is 0 Å². The maximum Gasteiger partial charge on any atom is 0.266 e. The maximum absolute atomic E-state index is 13.1. The van der Waals surface area contributed by atoms with E-state index >= 15 is 0 Å². The number of sulfonamides is 1. The maximum atomic E-state index is 13.1. The summed E-state index contributed by atoms with van der Waals surface area (Å²) in [5.74, 6) is 0. The van der Waals surface area contributed by atoms with Gasteiger partial charge in [-0.1, -0.05) is 6.07 Å². The van der Waals surface area contributed by atoms with Crippen LogP contribution < -0.4 is 10.3 Å². The van der Waals surface area contributed by atoms with Crippen molar-refractivity contribution in [1.82, 2.24) is 14.5 Å². The lowest BCUT2D eigenvalue weighted by atomic mass is 9.93. The van der Waals surface area contributed by atoms with Crippen LogP contribution in [0.2, 0.25) is 0 Å². The molecule has 0 aliphatic heterocycles. The summed E-state index contributed by atoms with van der Waals surface area (Å²) in [4.78, 5) is 12.2. The second-order valence-electron chi connectivity index (χ2n) is 7.23. The second-order valence-corrected chi connectivity index (χ2v) is 8.88. The van der Waals surface area contributed by atoms with Crippen LogP contribution in [0, 0.1) is 27.7 Å². The number of fused-ring (bicyclic) bond motifs is 1. The van der Waals surface area contributed by atoms with Crippen LogP contribution in [0.3, 0.4) is 0 Å². The number of rotatable bonds is 3. The lowest BCUT2D eigenvalue weighted by Crippen LogP contribution is -2.40. The molecule has 26 heavy (non-hydrogen) atoms. The third-order valence-corrected chi connectivity index (χ3v) is 7.14. The Kier molecular flexibility index (Phi) is 4.79. The molecule has 0 spiro atoms. The van der Waals surface area contributed by atoms with Gasteiger partial charge < -0.3 is 0 Å². The summed E-state index contributed by atoms with van der Waals surface area (Å²) in [7, 11) is -2.01. The molecule has 6 nitrogen and oxygen atoms in total. The first-order valence-corrected chi connectivity index (χ1v) is 10.2. The third kappa shape index (κ3) is 3.33. The average Bonchev–Trinajstić information content (AvgIpc) is 2.54. The van der Waals surface area contributed by atoms with Crippen molar-refractivity contribution in [3.8, 4) is 0 Å². The largest absolute Gasteiger partial charge is 0.268 e. The van der Waals surface area contributed by atoms with Crippen LogP contribution in [-0.4, -0.2) is 24.2 Å². The highest BCUT2D eigenvalue weighted by molar-refractivity contribution is 7.89. The SMILES string of the molecule is Cc1cc(C)c(C)c(S(=O)(=O)NC2CCc3nn(C)c(=O)cc3C2)c1C. The van der Waals surface area contributed by atoms with Crippen molar-refractivity contribution < 1.29 is 8.42 Å². The van der Waals surface area contributed by atoms with Crippen molar-refractivity contribution >= 4 is 10.0 Å². The minimum atomic E-state index is -3.64. The summed E-state index contributed by atoms with van der Waals surface area (Å²) in [6.07, 6.45) is 1.81. The van der Waals surface area contributed by atoms with E-state index in [1.54, 1.807) is 13.1 Å². The van der Waals surface area contributed by atoms with Gasteiger partial charge in [-0.2, -0.15) is 5.10 Å². The first-order chi connectivity index (χ1) is 12.1. The molecule has 1 atom stereocenters. The van der Waals surface area contributed by atoms with E-state index < -0.39 is 10.0 Å². The fourth-order valence-electron chi connectivity index (χ4n) is 3.65. The normalized spacial score (nSPS) is 17.2. The Balaban J connectivity index is 1.92. The highest BCUT2D eigenvalue weighted by Gasteiger charge is 2.28. The molecular weight excluding hydrogens is 350 g/mol.